The van der Waals surface area contributed by atoms with Crippen molar-refractivity contribution in [3.8, 4) is 0 Å². The summed E-state index contributed by atoms with van der Waals surface area (Å²) >= 11 is 0. The molecule has 0 fully saturated rings. The summed E-state index contributed by atoms with van der Waals surface area (Å²) in [6.07, 6.45) is 0.748. The van der Waals surface area contributed by atoms with Gasteiger partial charge in [-0.2, -0.15) is 0 Å². The van der Waals surface area contributed by atoms with Gasteiger partial charge in [0, 0.05) is 12.5 Å². The van der Waals surface area contributed by atoms with Gasteiger partial charge in [-0.1, -0.05) is 91.0 Å². The van der Waals surface area contributed by atoms with Crippen LogP contribution in [0.25, 0.3) is 10.8 Å². The number of rotatable bonds is 8. The molecule has 0 unspecified atom stereocenters. The predicted octanol–water partition coefficient (Wildman–Crippen LogP) is 5.34. The Morgan fingerprint density at radius 3 is 1.97 bits per heavy atom. The van der Waals surface area contributed by atoms with E-state index in [0.29, 0.717) is 12.1 Å². The molecule has 4 heteroatoms. The van der Waals surface area contributed by atoms with Crippen LogP contribution < -0.4 is 5.32 Å². The van der Waals surface area contributed by atoms with E-state index in [-0.39, 0.29) is 18.4 Å². The minimum Gasteiger partial charge on any atom is -0.452 e. The molecular formula is C28H25NO3. The minimum absolute atomic E-state index is 0.179. The number of amides is 1. The van der Waals surface area contributed by atoms with Gasteiger partial charge in [0.2, 0.25) is 0 Å². The Labute approximate surface area is 187 Å². The topological polar surface area (TPSA) is 55.4 Å². The largest absolute Gasteiger partial charge is 0.452 e. The van der Waals surface area contributed by atoms with Gasteiger partial charge in [-0.3, -0.25) is 4.79 Å². The SMILES string of the molecule is O=C(COC(=O)c1ccc2ccccc2c1)NCCC(c1ccccc1)c1ccccc1. The Kier molecular flexibility index (Phi) is 6.93. The molecule has 0 saturated heterocycles. The van der Waals surface area contributed by atoms with Crippen LogP contribution in [0.4, 0.5) is 0 Å². The van der Waals surface area contributed by atoms with Crippen LogP contribution in [0.1, 0.15) is 33.8 Å². The number of benzene rings is 4. The third kappa shape index (κ3) is 5.41. The zero-order valence-electron chi connectivity index (χ0n) is 17.7. The summed E-state index contributed by atoms with van der Waals surface area (Å²) in [6, 6.07) is 33.7. The monoisotopic (exact) mass is 423 g/mol. The Morgan fingerprint density at radius 1 is 0.719 bits per heavy atom. The summed E-state index contributed by atoms with van der Waals surface area (Å²) in [7, 11) is 0. The molecule has 0 aliphatic carbocycles. The predicted molar refractivity (Wildman–Crippen MR) is 127 cm³/mol. The third-order valence-corrected chi connectivity index (χ3v) is 5.48. The first kappa shape index (κ1) is 21.3. The Bertz CT molecular complexity index is 1150. The summed E-state index contributed by atoms with van der Waals surface area (Å²) in [5.41, 5.74) is 2.84. The summed E-state index contributed by atoms with van der Waals surface area (Å²) in [4.78, 5) is 24.6. The number of ether oxygens (including phenoxy) is 1. The van der Waals surface area contributed by atoms with Gasteiger partial charge in [0.1, 0.15) is 0 Å². The molecule has 0 heterocycles. The molecule has 0 radical (unpaired) electrons. The summed E-state index contributed by atoms with van der Waals surface area (Å²) in [6.45, 7) is 0.188. The normalized spacial score (nSPS) is 10.8. The lowest BCUT2D eigenvalue weighted by Gasteiger charge is -2.18. The summed E-state index contributed by atoms with van der Waals surface area (Å²) < 4.78 is 5.21. The number of carbonyl (C=O) groups is 2. The van der Waals surface area contributed by atoms with E-state index in [0.717, 1.165) is 17.2 Å². The molecule has 0 aliphatic rings. The number of fused-ring (bicyclic) bond motifs is 1. The maximum Gasteiger partial charge on any atom is 0.338 e. The fourth-order valence-corrected chi connectivity index (χ4v) is 3.83. The zero-order chi connectivity index (χ0) is 22.2. The van der Waals surface area contributed by atoms with Crippen LogP contribution in [0.2, 0.25) is 0 Å². The number of hydrogen-bond donors (Lipinski definition) is 1. The molecule has 4 nitrogen and oxygen atoms in total. The average Bonchev–Trinajstić information content (AvgIpc) is 2.86. The first-order valence-corrected chi connectivity index (χ1v) is 10.7. The second-order valence-corrected chi connectivity index (χ2v) is 7.65. The quantitative estimate of drug-likeness (QED) is 0.390. The number of hydrogen-bond acceptors (Lipinski definition) is 3. The van der Waals surface area contributed by atoms with E-state index < -0.39 is 5.97 Å². The minimum atomic E-state index is -0.502. The molecule has 1 amide bonds. The van der Waals surface area contributed by atoms with E-state index in [4.69, 9.17) is 4.74 Å². The van der Waals surface area contributed by atoms with Gasteiger partial charge in [-0.15, -0.1) is 0 Å². The molecule has 4 rings (SSSR count). The van der Waals surface area contributed by atoms with Crippen molar-refractivity contribution < 1.29 is 14.3 Å². The highest BCUT2D eigenvalue weighted by atomic mass is 16.5. The maximum atomic E-state index is 12.3. The van der Waals surface area contributed by atoms with Crippen LogP contribution in [0, 0.1) is 0 Å². The second-order valence-electron chi connectivity index (χ2n) is 7.65. The van der Waals surface area contributed by atoms with Crippen molar-refractivity contribution in [3.63, 3.8) is 0 Å². The second kappa shape index (κ2) is 10.4. The Morgan fingerprint density at radius 2 is 1.31 bits per heavy atom. The van der Waals surface area contributed by atoms with Gasteiger partial charge in [0.15, 0.2) is 6.61 Å². The van der Waals surface area contributed by atoms with Gasteiger partial charge >= 0.3 is 5.97 Å². The molecule has 0 spiro atoms. The highest BCUT2D eigenvalue weighted by molar-refractivity contribution is 5.96. The van der Waals surface area contributed by atoms with Crippen molar-refractivity contribution in [2.24, 2.45) is 0 Å². The summed E-state index contributed by atoms with van der Waals surface area (Å²) in [5, 5.41) is 4.88. The number of nitrogens with one attached hydrogen (secondary N) is 1. The fourth-order valence-electron chi connectivity index (χ4n) is 3.83. The van der Waals surface area contributed by atoms with Crippen LogP contribution in [0.5, 0.6) is 0 Å². The summed E-state index contributed by atoms with van der Waals surface area (Å²) in [5.74, 6) is -0.630. The Hall–Kier alpha value is -3.92. The van der Waals surface area contributed by atoms with Crippen LogP contribution >= 0.6 is 0 Å². The Balaban J connectivity index is 1.30. The highest BCUT2D eigenvalue weighted by Crippen LogP contribution is 2.27. The molecule has 0 aliphatic heterocycles. The molecular weight excluding hydrogens is 398 g/mol. The smallest absolute Gasteiger partial charge is 0.338 e. The van der Waals surface area contributed by atoms with Gasteiger partial charge in [-0.05, 0) is 40.5 Å². The highest BCUT2D eigenvalue weighted by Gasteiger charge is 2.15. The van der Waals surface area contributed by atoms with Crippen LogP contribution in [0.3, 0.4) is 0 Å². The molecule has 4 aromatic rings. The lowest BCUT2D eigenvalue weighted by molar-refractivity contribution is -0.124. The molecule has 0 bridgehead atoms. The zero-order valence-corrected chi connectivity index (χ0v) is 17.7. The molecule has 160 valence electrons. The first-order chi connectivity index (χ1) is 15.7. The van der Waals surface area contributed by atoms with Crippen molar-refractivity contribution in [1.29, 1.82) is 0 Å². The van der Waals surface area contributed by atoms with Crippen LogP contribution in [-0.2, 0) is 9.53 Å². The number of carbonyl (C=O) groups excluding carboxylic acids is 2. The molecule has 0 aromatic heterocycles. The van der Waals surface area contributed by atoms with Crippen LogP contribution in [0.15, 0.2) is 103 Å². The van der Waals surface area contributed by atoms with Crippen molar-refractivity contribution in [2.75, 3.05) is 13.2 Å². The standard InChI is InChI=1S/C28H25NO3/c30-27(20-32-28(31)25-16-15-21-9-7-8-14-24(21)19-25)29-18-17-26(22-10-3-1-4-11-22)23-12-5-2-6-13-23/h1-16,19,26H,17-18,20H2,(H,29,30). The molecule has 32 heavy (non-hydrogen) atoms. The maximum absolute atomic E-state index is 12.3. The van der Waals surface area contributed by atoms with Crippen LogP contribution in [-0.4, -0.2) is 25.0 Å². The van der Waals surface area contributed by atoms with Crippen molar-refractivity contribution in [1.82, 2.24) is 5.32 Å². The van der Waals surface area contributed by atoms with Gasteiger partial charge in [0.25, 0.3) is 5.91 Å². The molecule has 0 atom stereocenters. The number of esters is 1. The van der Waals surface area contributed by atoms with Crippen molar-refractivity contribution in [2.45, 2.75) is 12.3 Å². The third-order valence-electron chi connectivity index (χ3n) is 5.48. The fraction of sp³-hybridized carbons (Fsp3) is 0.143. The average molecular weight is 424 g/mol. The van der Waals surface area contributed by atoms with E-state index >= 15 is 0 Å². The lowest BCUT2D eigenvalue weighted by atomic mass is 9.88. The van der Waals surface area contributed by atoms with E-state index in [1.54, 1.807) is 12.1 Å². The lowest BCUT2D eigenvalue weighted by Crippen LogP contribution is -2.30. The van der Waals surface area contributed by atoms with E-state index in [2.05, 4.69) is 29.6 Å². The molecule has 1 N–H and O–H groups in total. The van der Waals surface area contributed by atoms with Gasteiger partial charge < -0.3 is 10.1 Å². The molecule has 0 saturated carbocycles. The van der Waals surface area contributed by atoms with E-state index in [1.807, 2.05) is 66.7 Å². The van der Waals surface area contributed by atoms with E-state index in [1.165, 1.54) is 11.1 Å². The van der Waals surface area contributed by atoms with Gasteiger partial charge in [-0.25, -0.2) is 4.79 Å². The van der Waals surface area contributed by atoms with Crippen molar-refractivity contribution >= 4 is 22.6 Å². The first-order valence-electron chi connectivity index (χ1n) is 10.7. The molecule has 4 aromatic carbocycles. The van der Waals surface area contributed by atoms with Crippen molar-refractivity contribution in [3.05, 3.63) is 120 Å². The van der Waals surface area contributed by atoms with E-state index in [9.17, 15) is 9.59 Å². The van der Waals surface area contributed by atoms with Gasteiger partial charge in [0.05, 0.1) is 5.56 Å².